The highest BCUT2D eigenvalue weighted by atomic mass is 16.3. The summed E-state index contributed by atoms with van der Waals surface area (Å²) in [4.78, 5) is 26.9. The lowest BCUT2D eigenvalue weighted by molar-refractivity contribution is 0.667. The number of hydrogen-bond donors (Lipinski definition) is 1. The van der Waals surface area contributed by atoms with Crippen molar-refractivity contribution in [3.8, 4) is 67.5 Å². The van der Waals surface area contributed by atoms with Crippen molar-refractivity contribution in [3.63, 3.8) is 0 Å². The van der Waals surface area contributed by atoms with Crippen LogP contribution in [0.3, 0.4) is 0 Å². The van der Waals surface area contributed by atoms with Gasteiger partial charge in [-0.3, -0.25) is 0 Å². The van der Waals surface area contributed by atoms with Gasteiger partial charge in [-0.05, 0) is 179 Å². The van der Waals surface area contributed by atoms with E-state index in [4.69, 9.17) is 42.6 Å². The molecule has 0 bridgehead atoms. The van der Waals surface area contributed by atoms with Gasteiger partial charge in [0.05, 0.1) is 0 Å². The fourth-order valence-corrected chi connectivity index (χ4v) is 15.9. The summed E-state index contributed by atoms with van der Waals surface area (Å²) in [5.74, 6) is 3.03. The third-order valence-electron chi connectivity index (χ3n) is 20.9. The van der Waals surface area contributed by atoms with Crippen LogP contribution in [0.2, 0.25) is 0 Å². The summed E-state index contributed by atoms with van der Waals surface area (Å²) >= 11 is 0. The van der Waals surface area contributed by atoms with Gasteiger partial charge in [0.15, 0.2) is 23.3 Å². The number of aliphatic imine (C=N–C) groups is 2. The van der Waals surface area contributed by atoms with E-state index in [0.717, 1.165) is 192 Å². The molecule has 1 aliphatic heterocycles. The molecule has 104 heavy (non-hydrogen) atoms. The highest BCUT2D eigenvalue weighted by Crippen LogP contribution is 2.48. The van der Waals surface area contributed by atoms with Crippen LogP contribution in [0.4, 0.5) is 0 Å². The number of nitrogens with one attached hydrogen (secondary N) is 1. The highest BCUT2D eigenvalue weighted by Gasteiger charge is 2.28. The van der Waals surface area contributed by atoms with E-state index in [1.807, 2.05) is 24.3 Å². The Kier molecular flexibility index (Phi) is 12.6. The van der Waals surface area contributed by atoms with Crippen molar-refractivity contribution < 1.29 is 17.7 Å². The molecule has 1 aliphatic rings. The van der Waals surface area contributed by atoms with Gasteiger partial charge in [0.1, 0.15) is 56.7 Å². The molecule has 21 aromatic rings. The molecule has 0 fully saturated rings. The summed E-state index contributed by atoms with van der Waals surface area (Å²) in [6, 6.07) is 110. The third-order valence-corrected chi connectivity index (χ3v) is 20.9. The molecule has 0 spiro atoms. The minimum Gasteiger partial charge on any atom is -0.456 e. The Hall–Kier alpha value is -14.1. The minimum atomic E-state index is -0.428. The number of rotatable bonds is 9. The van der Waals surface area contributed by atoms with Gasteiger partial charge < -0.3 is 23.0 Å². The highest BCUT2D eigenvalue weighted by molar-refractivity contribution is 6.26. The van der Waals surface area contributed by atoms with E-state index in [-0.39, 0.29) is 0 Å². The number of amidine groups is 2. The molecule has 5 aromatic heterocycles. The van der Waals surface area contributed by atoms with Gasteiger partial charge in [-0.15, -0.1) is 0 Å². The van der Waals surface area contributed by atoms with Crippen molar-refractivity contribution in [3.05, 3.63) is 332 Å². The van der Waals surface area contributed by atoms with Crippen LogP contribution in [0.1, 0.15) is 22.9 Å². The smallest absolute Gasteiger partial charge is 0.165 e. The molecule has 16 aromatic carbocycles. The fourth-order valence-electron chi connectivity index (χ4n) is 15.9. The summed E-state index contributed by atoms with van der Waals surface area (Å²) in [6.45, 7) is 0. The topological polar surface area (TPSA) is 128 Å². The van der Waals surface area contributed by atoms with Crippen molar-refractivity contribution >= 4 is 143 Å². The molecule has 0 radical (unpaired) electrons. The normalized spacial score (nSPS) is 13.5. The lowest BCUT2D eigenvalue weighted by atomic mass is 9.93. The van der Waals surface area contributed by atoms with Crippen LogP contribution in [-0.4, -0.2) is 26.6 Å². The Morgan fingerprint density at radius 1 is 0.250 bits per heavy atom. The van der Waals surface area contributed by atoms with Crippen LogP contribution in [0, 0.1) is 0 Å². The number of aromatic nitrogens is 3. The molecule has 0 saturated carbocycles. The molecule has 6 heterocycles. The third kappa shape index (κ3) is 9.32. The summed E-state index contributed by atoms with van der Waals surface area (Å²) in [6.07, 6.45) is -0.428. The van der Waals surface area contributed by atoms with Gasteiger partial charge in [-0.2, -0.15) is 0 Å². The van der Waals surface area contributed by atoms with Crippen LogP contribution in [-0.2, 0) is 0 Å². The SMILES string of the molecule is c1ccc2cc(C3=NC(c4ccc5ccccc5c4)NC(c4cccc5oc6cccc(-c7cccc8oc9cc(-c%10ccc%11c(c%10)oc%10ccc(-c%12ccc%13oc%14ccccc%14c%13c%12-c%12nc(-c%13ccc%14ccccc%14c%13)nc(-c%13ccc%14ccccc%14c%13)n%12)cc%10%11)ccc9c78)c6c45)=N3)ccc2c1. The van der Waals surface area contributed by atoms with E-state index < -0.39 is 6.17 Å². The molecular formula is C94H54N6O4. The maximum Gasteiger partial charge on any atom is 0.165 e. The van der Waals surface area contributed by atoms with Crippen LogP contribution in [0.25, 0.3) is 198 Å². The van der Waals surface area contributed by atoms with Gasteiger partial charge in [0.25, 0.3) is 0 Å². The molecular weight excluding hydrogens is 1280 g/mol. The molecule has 0 amide bonds. The summed E-state index contributed by atoms with van der Waals surface area (Å²) in [7, 11) is 0. The lowest BCUT2D eigenvalue weighted by Gasteiger charge is -2.24. The summed E-state index contributed by atoms with van der Waals surface area (Å²) < 4.78 is 27.2. The Morgan fingerprint density at radius 3 is 1.37 bits per heavy atom. The van der Waals surface area contributed by atoms with E-state index in [9.17, 15) is 0 Å². The van der Waals surface area contributed by atoms with E-state index in [1.54, 1.807) is 0 Å². The predicted molar refractivity (Wildman–Crippen MR) is 423 cm³/mol. The largest absolute Gasteiger partial charge is 0.456 e. The second-order valence-corrected chi connectivity index (χ2v) is 27.0. The van der Waals surface area contributed by atoms with Gasteiger partial charge in [-0.1, -0.05) is 218 Å². The van der Waals surface area contributed by atoms with Crippen molar-refractivity contribution in [2.24, 2.45) is 9.98 Å². The standard InChI is InChI=1S/C94H54N6O4/c1-5-18-57-46-64(34-30-53(57)14-1)89-95-90(65-35-31-54-15-2-6-19-58(54)47-65)98-93(97-89)74-25-13-29-80-87(74)85-71(24-12-28-79(85)103-80)70-23-11-27-78-84(70)73-42-39-62(52-83(73)104-78)61-38-41-69-75-50-63(40-44-77(75)102-82(69)51-61)68-43-45-81-86(72-22-9-10-26-76(72)101-81)88(68)94-99-91(66-36-32-55-16-3-7-20-59(55)48-66)96-92(100-94)67-37-33-56-17-4-8-21-60(56)49-67/h1-52,89H,(H,95,97,98). The number of para-hydroxylation sites is 1. The zero-order valence-corrected chi connectivity index (χ0v) is 55.5. The van der Waals surface area contributed by atoms with Gasteiger partial charge in [0, 0.05) is 70.9 Å². The van der Waals surface area contributed by atoms with Gasteiger partial charge in [0.2, 0.25) is 0 Å². The molecule has 0 saturated heterocycles. The molecule has 1 N–H and O–H groups in total. The van der Waals surface area contributed by atoms with Gasteiger partial charge >= 0.3 is 0 Å². The van der Waals surface area contributed by atoms with E-state index >= 15 is 0 Å². The average molecular weight is 1330 g/mol. The molecule has 22 rings (SSSR count). The Balaban J connectivity index is 0.641. The zero-order valence-electron chi connectivity index (χ0n) is 55.5. The number of fused-ring (bicyclic) bond motifs is 16. The zero-order chi connectivity index (χ0) is 68.1. The first kappa shape index (κ1) is 57.8. The molecule has 1 atom stereocenters. The average Bonchev–Trinajstić information content (AvgIpc) is 1.56. The van der Waals surface area contributed by atoms with E-state index in [0.29, 0.717) is 29.1 Å². The van der Waals surface area contributed by atoms with Crippen LogP contribution in [0.5, 0.6) is 0 Å². The molecule has 0 aliphatic carbocycles. The van der Waals surface area contributed by atoms with Crippen LogP contribution in [0.15, 0.2) is 343 Å². The summed E-state index contributed by atoms with van der Waals surface area (Å²) in [5, 5.41) is 20.7. The second kappa shape index (κ2) is 22.7. The predicted octanol–water partition coefficient (Wildman–Crippen LogP) is 24.6. The first-order valence-corrected chi connectivity index (χ1v) is 34.9. The van der Waals surface area contributed by atoms with E-state index in [1.165, 1.54) is 5.39 Å². The molecule has 10 nitrogen and oxygen atoms in total. The van der Waals surface area contributed by atoms with Crippen molar-refractivity contribution in [1.29, 1.82) is 0 Å². The number of furan rings is 4. The number of benzene rings is 16. The second-order valence-electron chi connectivity index (χ2n) is 27.0. The van der Waals surface area contributed by atoms with Crippen molar-refractivity contribution in [2.45, 2.75) is 6.17 Å². The number of nitrogens with zero attached hydrogens (tertiary/aromatic N) is 5. The number of hydrogen-bond acceptors (Lipinski definition) is 10. The van der Waals surface area contributed by atoms with Crippen LogP contribution < -0.4 is 5.32 Å². The Morgan fingerprint density at radius 2 is 0.692 bits per heavy atom. The Labute approximate surface area is 592 Å². The molecule has 484 valence electrons. The monoisotopic (exact) mass is 1330 g/mol. The molecule has 10 heteroatoms. The van der Waals surface area contributed by atoms with Gasteiger partial charge in [-0.25, -0.2) is 24.9 Å². The lowest BCUT2D eigenvalue weighted by Crippen LogP contribution is -2.33. The quantitative estimate of drug-likeness (QED) is 0.151. The maximum absolute atomic E-state index is 6.90. The van der Waals surface area contributed by atoms with Crippen molar-refractivity contribution in [1.82, 2.24) is 20.3 Å². The Bertz CT molecular complexity index is 7220. The first-order valence-electron chi connectivity index (χ1n) is 34.9. The van der Waals surface area contributed by atoms with Crippen molar-refractivity contribution in [2.75, 3.05) is 0 Å². The fraction of sp³-hybridized carbons (Fsp3) is 0.0106. The first-order chi connectivity index (χ1) is 51.4. The minimum absolute atomic E-state index is 0.428. The maximum atomic E-state index is 6.90. The summed E-state index contributed by atoms with van der Waals surface area (Å²) in [5.41, 5.74) is 17.6. The van der Waals surface area contributed by atoms with Crippen LogP contribution >= 0.6 is 0 Å². The van der Waals surface area contributed by atoms with E-state index in [2.05, 4.69) is 297 Å². The molecule has 1 unspecified atom stereocenters.